The molecule has 0 fully saturated rings. The molecule has 0 aromatic heterocycles. The quantitative estimate of drug-likeness (QED) is 0.838. The predicted octanol–water partition coefficient (Wildman–Crippen LogP) is 2.94. The van der Waals surface area contributed by atoms with Crippen LogP contribution in [0, 0.1) is 0 Å². The largest absolute Gasteiger partial charge is 0.486 e. The number of benzene rings is 1. The van der Waals surface area contributed by atoms with Crippen molar-refractivity contribution in [1.82, 2.24) is 0 Å². The van der Waals surface area contributed by atoms with Gasteiger partial charge in [-0.1, -0.05) is 13.8 Å². The molecule has 0 spiro atoms. The van der Waals surface area contributed by atoms with Crippen molar-refractivity contribution in [2.45, 2.75) is 32.8 Å². The summed E-state index contributed by atoms with van der Waals surface area (Å²) >= 11 is 3.40. The molecule has 1 aromatic rings. The van der Waals surface area contributed by atoms with Crippen molar-refractivity contribution < 1.29 is 24.1 Å². The smallest absolute Gasteiger partial charge is 0.339 e. The van der Waals surface area contributed by atoms with Crippen LogP contribution in [-0.2, 0) is 9.53 Å². The van der Waals surface area contributed by atoms with Gasteiger partial charge < -0.3 is 19.3 Å². The van der Waals surface area contributed by atoms with Gasteiger partial charge in [0.2, 0.25) is 0 Å². The topological polar surface area (TPSA) is 65.0 Å². The van der Waals surface area contributed by atoms with Crippen LogP contribution in [0.15, 0.2) is 10.5 Å². The Kier molecular flexibility index (Phi) is 5.11. The maximum atomic E-state index is 11.8. The van der Waals surface area contributed by atoms with Gasteiger partial charge in [0, 0.05) is 11.1 Å². The van der Waals surface area contributed by atoms with E-state index < -0.39 is 12.1 Å². The molecule has 1 atom stereocenters. The van der Waals surface area contributed by atoms with Crippen LogP contribution in [0.4, 0.5) is 0 Å². The van der Waals surface area contributed by atoms with Crippen LogP contribution >= 0.6 is 15.9 Å². The number of halogens is 1. The van der Waals surface area contributed by atoms with Gasteiger partial charge in [0.05, 0.1) is 11.1 Å². The SMILES string of the molecule is CCOC(=O)C(O)c1cc(Br)c2c(c1C(C)C)OCCO2. The Balaban J connectivity index is 2.55. The molecule has 1 N–H and O–H groups in total. The first-order valence-electron chi connectivity index (χ1n) is 6.93. The molecule has 116 valence electrons. The van der Waals surface area contributed by atoms with E-state index in [9.17, 15) is 9.90 Å². The summed E-state index contributed by atoms with van der Waals surface area (Å²) in [6.45, 7) is 6.79. The first kappa shape index (κ1) is 16.1. The molecule has 0 aliphatic carbocycles. The summed E-state index contributed by atoms with van der Waals surface area (Å²) in [7, 11) is 0. The van der Waals surface area contributed by atoms with Crippen molar-refractivity contribution >= 4 is 21.9 Å². The van der Waals surface area contributed by atoms with E-state index in [1.54, 1.807) is 13.0 Å². The van der Waals surface area contributed by atoms with Crippen LogP contribution < -0.4 is 9.47 Å². The fourth-order valence-corrected chi connectivity index (χ4v) is 2.92. The maximum Gasteiger partial charge on any atom is 0.339 e. The van der Waals surface area contributed by atoms with Crippen molar-refractivity contribution in [2.75, 3.05) is 19.8 Å². The van der Waals surface area contributed by atoms with E-state index in [4.69, 9.17) is 14.2 Å². The van der Waals surface area contributed by atoms with Gasteiger partial charge in [-0.05, 0) is 34.8 Å². The van der Waals surface area contributed by atoms with E-state index in [1.165, 1.54) is 0 Å². The van der Waals surface area contributed by atoms with Gasteiger partial charge in [0.1, 0.15) is 13.2 Å². The molecule has 0 bridgehead atoms. The molecule has 21 heavy (non-hydrogen) atoms. The number of carbonyl (C=O) groups is 1. The zero-order chi connectivity index (χ0) is 15.6. The van der Waals surface area contributed by atoms with Crippen molar-refractivity contribution in [1.29, 1.82) is 0 Å². The highest BCUT2D eigenvalue weighted by Crippen LogP contribution is 2.46. The van der Waals surface area contributed by atoms with Crippen LogP contribution in [0.25, 0.3) is 0 Å². The molecule has 0 radical (unpaired) electrons. The van der Waals surface area contributed by atoms with Gasteiger partial charge in [-0.2, -0.15) is 0 Å². The molecule has 1 aliphatic heterocycles. The maximum absolute atomic E-state index is 11.8. The molecule has 0 saturated heterocycles. The Morgan fingerprint density at radius 3 is 2.57 bits per heavy atom. The van der Waals surface area contributed by atoms with E-state index in [1.807, 2.05) is 13.8 Å². The molecular formula is C15H19BrO5. The molecule has 0 saturated carbocycles. The Morgan fingerprint density at radius 2 is 2.00 bits per heavy atom. The number of esters is 1. The molecular weight excluding hydrogens is 340 g/mol. The molecule has 1 heterocycles. The van der Waals surface area contributed by atoms with Crippen molar-refractivity contribution in [3.8, 4) is 11.5 Å². The monoisotopic (exact) mass is 358 g/mol. The summed E-state index contributed by atoms with van der Waals surface area (Å²) in [6, 6.07) is 1.70. The number of carbonyl (C=O) groups excluding carboxylic acids is 1. The highest BCUT2D eigenvalue weighted by Gasteiger charge is 2.30. The minimum absolute atomic E-state index is 0.0626. The number of hydrogen-bond acceptors (Lipinski definition) is 5. The average molecular weight is 359 g/mol. The van der Waals surface area contributed by atoms with Crippen molar-refractivity contribution in [3.63, 3.8) is 0 Å². The minimum atomic E-state index is -1.34. The Bertz CT molecular complexity index is 541. The van der Waals surface area contributed by atoms with E-state index in [0.29, 0.717) is 34.7 Å². The van der Waals surface area contributed by atoms with Crippen LogP contribution in [0.3, 0.4) is 0 Å². The van der Waals surface area contributed by atoms with Crippen LogP contribution in [0.1, 0.15) is 43.9 Å². The highest BCUT2D eigenvalue weighted by atomic mass is 79.9. The minimum Gasteiger partial charge on any atom is -0.486 e. The Labute approximate surface area is 132 Å². The number of aliphatic hydroxyl groups is 1. The Morgan fingerprint density at radius 1 is 1.38 bits per heavy atom. The van der Waals surface area contributed by atoms with Crippen molar-refractivity contribution in [3.05, 3.63) is 21.7 Å². The van der Waals surface area contributed by atoms with E-state index >= 15 is 0 Å². The van der Waals surface area contributed by atoms with E-state index in [2.05, 4.69) is 15.9 Å². The molecule has 1 aliphatic rings. The van der Waals surface area contributed by atoms with Crippen LogP contribution in [0.5, 0.6) is 11.5 Å². The summed E-state index contributed by atoms with van der Waals surface area (Å²) in [5.41, 5.74) is 1.26. The standard InChI is InChI=1S/C15H19BrO5/c1-4-19-15(18)12(17)9-7-10(16)13-14(11(9)8(2)3)21-6-5-20-13/h7-8,12,17H,4-6H2,1-3H3. The molecule has 2 rings (SSSR count). The second-order valence-electron chi connectivity index (χ2n) is 5.03. The normalized spacial score (nSPS) is 15.0. The zero-order valence-electron chi connectivity index (χ0n) is 12.3. The fourth-order valence-electron chi connectivity index (χ4n) is 2.38. The fraction of sp³-hybridized carbons (Fsp3) is 0.533. The lowest BCUT2D eigenvalue weighted by molar-refractivity contribution is -0.153. The molecule has 0 amide bonds. The predicted molar refractivity (Wildman–Crippen MR) is 80.8 cm³/mol. The first-order valence-corrected chi connectivity index (χ1v) is 7.73. The second kappa shape index (κ2) is 6.66. The van der Waals surface area contributed by atoms with Crippen molar-refractivity contribution in [2.24, 2.45) is 0 Å². The second-order valence-corrected chi connectivity index (χ2v) is 5.88. The number of rotatable bonds is 4. The molecule has 5 nitrogen and oxygen atoms in total. The van der Waals surface area contributed by atoms with Gasteiger partial charge in [-0.25, -0.2) is 4.79 Å². The number of ether oxygens (including phenoxy) is 3. The molecule has 6 heteroatoms. The van der Waals surface area contributed by atoms with Crippen LogP contribution in [0.2, 0.25) is 0 Å². The van der Waals surface area contributed by atoms with Gasteiger partial charge in [0.15, 0.2) is 17.6 Å². The van der Waals surface area contributed by atoms with E-state index in [0.717, 1.165) is 5.56 Å². The first-order chi connectivity index (χ1) is 9.97. The highest BCUT2D eigenvalue weighted by molar-refractivity contribution is 9.10. The third kappa shape index (κ3) is 3.16. The summed E-state index contributed by atoms with van der Waals surface area (Å²) in [5.74, 6) is 0.601. The number of hydrogen-bond donors (Lipinski definition) is 1. The molecule has 1 unspecified atom stereocenters. The third-order valence-electron chi connectivity index (χ3n) is 3.22. The zero-order valence-corrected chi connectivity index (χ0v) is 13.9. The van der Waals surface area contributed by atoms with Gasteiger partial charge in [-0.3, -0.25) is 0 Å². The van der Waals surface area contributed by atoms with Gasteiger partial charge in [0.25, 0.3) is 0 Å². The summed E-state index contributed by atoms with van der Waals surface area (Å²) in [4.78, 5) is 11.8. The summed E-state index contributed by atoms with van der Waals surface area (Å²) < 4.78 is 16.9. The lowest BCUT2D eigenvalue weighted by Gasteiger charge is -2.27. The van der Waals surface area contributed by atoms with Crippen LogP contribution in [-0.4, -0.2) is 30.9 Å². The lowest BCUT2D eigenvalue weighted by Crippen LogP contribution is -2.21. The third-order valence-corrected chi connectivity index (χ3v) is 3.81. The summed E-state index contributed by atoms with van der Waals surface area (Å²) in [5, 5.41) is 10.3. The van der Waals surface area contributed by atoms with Gasteiger partial charge >= 0.3 is 5.97 Å². The average Bonchev–Trinajstić information content (AvgIpc) is 2.46. The number of fused-ring (bicyclic) bond motifs is 1. The summed E-state index contributed by atoms with van der Waals surface area (Å²) in [6.07, 6.45) is -1.34. The van der Waals surface area contributed by atoms with Gasteiger partial charge in [-0.15, -0.1) is 0 Å². The Hall–Kier alpha value is -1.27. The number of aliphatic hydroxyl groups excluding tert-OH is 1. The molecule has 1 aromatic carbocycles. The lowest BCUT2D eigenvalue weighted by atomic mass is 9.92. The van der Waals surface area contributed by atoms with E-state index in [-0.39, 0.29) is 12.5 Å².